The van der Waals surface area contributed by atoms with Gasteiger partial charge in [-0.25, -0.2) is 4.79 Å². The Kier molecular flexibility index (Phi) is 13.4. The van der Waals surface area contributed by atoms with Crippen molar-refractivity contribution >= 4 is 5.97 Å². The van der Waals surface area contributed by atoms with Gasteiger partial charge in [0, 0.05) is 25.2 Å². The monoisotopic (exact) mass is 874 g/mol. The summed E-state index contributed by atoms with van der Waals surface area (Å²) in [6.07, 6.45) is -13.6. The van der Waals surface area contributed by atoms with Crippen LogP contribution in [0.25, 0.3) is 0 Å². The van der Waals surface area contributed by atoms with Crippen molar-refractivity contribution in [3.8, 4) is 0 Å². The van der Waals surface area contributed by atoms with Crippen molar-refractivity contribution < 1.29 is 93.8 Å². The first-order chi connectivity index (χ1) is 29.0. The van der Waals surface area contributed by atoms with Gasteiger partial charge in [-0.15, -0.1) is 0 Å². The Balaban J connectivity index is 0.886. The highest BCUT2D eigenvalue weighted by Gasteiger charge is 2.68. The highest BCUT2D eigenvalue weighted by molar-refractivity contribution is 5.85. The van der Waals surface area contributed by atoms with Crippen molar-refractivity contribution in [1.29, 1.82) is 0 Å². The molecule has 0 aromatic heterocycles. The van der Waals surface area contributed by atoms with Gasteiger partial charge in [0.25, 0.3) is 0 Å². The molecule has 0 unspecified atom stereocenters. The van der Waals surface area contributed by atoms with Crippen molar-refractivity contribution in [3.63, 3.8) is 0 Å². The molecule has 348 valence electrons. The molecule has 4 aliphatic heterocycles. The number of methoxy groups -OCH3 is 1. The van der Waals surface area contributed by atoms with Crippen LogP contribution in [0.5, 0.6) is 0 Å². The topological polar surface area (TPSA) is 293 Å². The van der Waals surface area contributed by atoms with Crippen LogP contribution in [0, 0.1) is 34.5 Å². The number of ether oxygens (including phenoxy) is 8. The second-order valence-electron chi connectivity index (χ2n) is 19.3. The fourth-order valence-electron chi connectivity index (χ4n) is 13.1. The molecule has 0 amide bonds. The molecule has 8 rings (SSSR count). The quantitative estimate of drug-likeness (QED) is 0.0774. The molecule has 4 heterocycles. The van der Waals surface area contributed by atoms with Crippen LogP contribution in [0.2, 0.25) is 0 Å². The molecule has 19 nitrogen and oxygen atoms in total. The minimum atomic E-state index is -1.79. The molecule has 0 bridgehead atoms. The lowest BCUT2D eigenvalue weighted by atomic mass is 9.43. The van der Waals surface area contributed by atoms with Crippen molar-refractivity contribution in [1.82, 2.24) is 0 Å². The number of fused-ring (bicyclic) bond motifs is 5. The molecule has 19 heteroatoms. The van der Waals surface area contributed by atoms with E-state index in [2.05, 4.69) is 6.92 Å². The van der Waals surface area contributed by atoms with Crippen LogP contribution in [0.15, 0.2) is 11.6 Å². The lowest BCUT2D eigenvalue weighted by molar-refractivity contribution is -0.367. The highest BCUT2D eigenvalue weighted by atomic mass is 16.8. The lowest BCUT2D eigenvalue weighted by Crippen LogP contribution is -2.65. The van der Waals surface area contributed by atoms with Crippen LogP contribution in [0.1, 0.15) is 71.6 Å². The third-order valence-corrected chi connectivity index (χ3v) is 16.5. The minimum absolute atomic E-state index is 0.00116. The van der Waals surface area contributed by atoms with E-state index in [9.17, 15) is 55.9 Å². The predicted octanol–water partition coefficient (Wildman–Crippen LogP) is -2.27. The zero-order valence-electron chi connectivity index (χ0n) is 35.0. The molecular formula is C42H66O19. The maximum atomic E-state index is 12.6. The molecule has 7 fully saturated rings. The third-order valence-electron chi connectivity index (χ3n) is 16.5. The van der Waals surface area contributed by atoms with Gasteiger partial charge in [-0.3, -0.25) is 0 Å². The van der Waals surface area contributed by atoms with Crippen molar-refractivity contribution in [2.24, 2.45) is 34.5 Å². The second kappa shape index (κ2) is 17.7. The molecule has 23 atom stereocenters. The number of aliphatic hydroxyl groups is 10. The summed E-state index contributed by atoms with van der Waals surface area (Å²) in [7, 11) is 1.37. The molecule has 8 aliphatic rings. The number of esters is 1. The standard InChI is InChI=1S/C42H66O19/c1-18-35(61-38-33(51)31(49)29(47)26(60-38)16-56-37-32(50)30(48)28(46)25(14-43)59-37)36(54-3)34(52)39(57-18)58-21-6-10-41(17-44)20(13-21)4-5-24-23(41)7-9-40(2)22(8-11-42(24,40)53)19-12-27(45)55-15-19/h12,18,20-26,28-39,43-44,46-53H,4-11,13-17H2,1-3H3/t18-,20+,21-,22+,23-,24+,25+,26+,28+,29+,30-,31-,32+,33+,34-,35-,36-,37+,38-,39-,40+,41+,42-/m0/s1. The number of carbonyl (C=O) groups excluding carboxylic acids is 1. The molecule has 3 saturated heterocycles. The largest absolute Gasteiger partial charge is 0.458 e. The van der Waals surface area contributed by atoms with Crippen molar-refractivity contribution in [2.45, 2.75) is 175 Å². The van der Waals surface area contributed by atoms with Gasteiger partial charge in [0.05, 0.1) is 31.0 Å². The first kappa shape index (κ1) is 46.1. The summed E-state index contributed by atoms with van der Waals surface area (Å²) in [4.78, 5) is 12.0. The zero-order chi connectivity index (χ0) is 43.8. The Bertz CT molecular complexity index is 1580. The Hall–Kier alpha value is -1.47. The maximum Gasteiger partial charge on any atom is 0.331 e. The average Bonchev–Trinajstić information content (AvgIpc) is 3.80. The van der Waals surface area contributed by atoms with Gasteiger partial charge in [0.15, 0.2) is 18.9 Å². The number of rotatable bonds is 11. The van der Waals surface area contributed by atoms with E-state index in [0.29, 0.717) is 25.7 Å². The Morgan fingerprint density at radius 2 is 1.43 bits per heavy atom. The maximum absolute atomic E-state index is 12.6. The van der Waals surface area contributed by atoms with E-state index in [0.717, 1.165) is 37.7 Å². The fraction of sp³-hybridized carbons (Fsp3) is 0.929. The molecule has 4 aliphatic carbocycles. The summed E-state index contributed by atoms with van der Waals surface area (Å²) in [5.41, 5.74) is -0.728. The normalized spacial score (nSPS) is 53.7. The average molecular weight is 875 g/mol. The molecular weight excluding hydrogens is 808 g/mol. The van der Waals surface area contributed by atoms with Crippen LogP contribution in [-0.4, -0.2) is 194 Å². The SMILES string of the molecule is CO[C@H]1[C@H](O)[C@H](O[C@H]2CC[C@@]3(CO)[C@H](CC[C@@H]4[C@@H]3CC[C@]3(C)[C@@H](C5=CC(=O)OC5)CC[C@]43O)C2)O[C@@H](C)[C@@H]1O[C@@H]1O[C@H](CO[C@@H]2O[C@H](CO)[C@@H](O)[C@H](O)[C@H]2O)[C@@H](O)[C@H](O)[C@H]1O. The van der Waals surface area contributed by atoms with Crippen LogP contribution in [0.4, 0.5) is 0 Å². The fourth-order valence-corrected chi connectivity index (χ4v) is 13.1. The summed E-state index contributed by atoms with van der Waals surface area (Å²) >= 11 is 0. The smallest absolute Gasteiger partial charge is 0.331 e. The van der Waals surface area contributed by atoms with E-state index >= 15 is 0 Å². The summed E-state index contributed by atoms with van der Waals surface area (Å²) in [6, 6.07) is 0. The predicted molar refractivity (Wildman–Crippen MR) is 204 cm³/mol. The summed E-state index contributed by atoms with van der Waals surface area (Å²) in [6.45, 7) is 2.90. The molecule has 0 aromatic rings. The van der Waals surface area contributed by atoms with Crippen molar-refractivity contribution in [3.05, 3.63) is 11.6 Å². The van der Waals surface area contributed by atoms with Crippen molar-refractivity contribution in [2.75, 3.05) is 33.5 Å². The van der Waals surface area contributed by atoms with E-state index in [1.54, 1.807) is 13.0 Å². The number of hydrogen-bond acceptors (Lipinski definition) is 19. The number of cyclic esters (lactones) is 1. The Morgan fingerprint density at radius 1 is 0.738 bits per heavy atom. The molecule has 10 N–H and O–H groups in total. The van der Waals surface area contributed by atoms with Gasteiger partial charge < -0.3 is 89.0 Å². The summed E-state index contributed by atoms with van der Waals surface area (Å²) < 4.78 is 46.5. The number of carbonyl (C=O) groups is 1. The van der Waals surface area contributed by atoms with Gasteiger partial charge >= 0.3 is 5.97 Å². The molecule has 0 spiro atoms. The Morgan fingerprint density at radius 3 is 2.10 bits per heavy atom. The van der Waals surface area contributed by atoms with E-state index in [4.69, 9.17) is 37.9 Å². The number of aliphatic hydroxyl groups excluding tert-OH is 9. The number of hydrogen-bond donors (Lipinski definition) is 10. The van der Waals surface area contributed by atoms with Crippen LogP contribution >= 0.6 is 0 Å². The summed E-state index contributed by atoms with van der Waals surface area (Å²) in [5.74, 6) is 0.00336. The lowest BCUT2D eigenvalue weighted by Gasteiger charge is -2.64. The molecule has 4 saturated carbocycles. The van der Waals surface area contributed by atoms with Crippen LogP contribution in [0.3, 0.4) is 0 Å². The second-order valence-corrected chi connectivity index (χ2v) is 19.3. The third kappa shape index (κ3) is 7.73. The van der Waals surface area contributed by atoms with E-state index in [-0.39, 0.29) is 49.0 Å². The van der Waals surface area contributed by atoms with Crippen LogP contribution in [-0.2, 0) is 42.7 Å². The zero-order valence-corrected chi connectivity index (χ0v) is 35.0. The van der Waals surface area contributed by atoms with Gasteiger partial charge in [0.1, 0.15) is 73.8 Å². The van der Waals surface area contributed by atoms with Gasteiger partial charge in [0.2, 0.25) is 0 Å². The summed E-state index contributed by atoms with van der Waals surface area (Å²) in [5, 5.41) is 108. The van der Waals surface area contributed by atoms with Crippen LogP contribution < -0.4 is 0 Å². The van der Waals surface area contributed by atoms with E-state index in [1.165, 1.54) is 7.11 Å². The van der Waals surface area contributed by atoms with Gasteiger partial charge in [-0.2, -0.15) is 0 Å². The molecule has 0 aromatic carbocycles. The van der Waals surface area contributed by atoms with E-state index < -0.39 is 122 Å². The molecule has 0 radical (unpaired) electrons. The Labute approximate surface area is 354 Å². The van der Waals surface area contributed by atoms with Gasteiger partial charge in [-0.05, 0) is 99.4 Å². The first-order valence-corrected chi connectivity index (χ1v) is 22.0. The van der Waals surface area contributed by atoms with E-state index in [1.807, 2.05) is 0 Å². The minimum Gasteiger partial charge on any atom is -0.458 e. The first-order valence-electron chi connectivity index (χ1n) is 22.0. The highest BCUT2D eigenvalue weighted by Crippen LogP contribution is 2.70. The molecule has 61 heavy (non-hydrogen) atoms. The van der Waals surface area contributed by atoms with Gasteiger partial charge in [-0.1, -0.05) is 6.92 Å².